The van der Waals surface area contributed by atoms with Crippen molar-refractivity contribution in [3.05, 3.63) is 23.8 Å². The van der Waals surface area contributed by atoms with Gasteiger partial charge in [0.1, 0.15) is 12.1 Å². The summed E-state index contributed by atoms with van der Waals surface area (Å²) in [5, 5.41) is 9.66. The summed E-state index contributed by atoms with van der Waals surface area (Å²) < 4.78 is 16.3. The molecule has 0 saturated heterocycles. The maximum atomic E-state index is 12.6. The third-order valence-electron chi connectivity index (χ3n) is 6.09. The van der Waals surface area contributed by atoms with E-state index in [-0.39, 0.29) is 24.3 Å². The second-order valence-electron chi connectivity index (χ2n) is 8.96. The van der Waals surface area contributed by atoms with E-state index in [0.717, 1.165) is 0 Å². The van der Waals surface area contributed by atoms with Crippen LogP contribution in [0.4, 0.5) is 0 Å². The van der Waals surface area contributed by atoms with Crippen LogP contribution in [-0.2, 0) is 23.9 Å². The molecule has 4 atom stereocenters. The number of esters is 3. The topological polar surface area (TPSA) is 142 Å². The summed E-state index contributed by atoms with van der Waals surface area (Å²) in [4.78, 5) is 48.2. The van der Waals surface area contributed by atoms with Crippen molar-refractivity contribution in [2.45, 2.75) is 85.8 Å². The van der Waals surface area contributed by atoms with Crippen molar-refractivity contribution in [1.82, 2.24) is 0 Å². The molecule has 3 unspecified atom stereocenters. The van der Waals surface area contributed by atoms with Crippen LogP contribution in [0.1, 0.15) is 79.2 Å². The fourth-order valence-corrected chi connectivity index (χ4v) is 3.15. The number of hydrogen-bond acceptors (Lipinski definition) is 8. The number of carboxylic acids is 1. The number of nitrogens with two attached hydrogens (primary N) is 1. The minimum atomic E-state index is -1.34. The summed E-state index contributed by atoms with van der Waals surface area (Å²) in [7, 11) is 0. The van der Waals surface area contributed by atoms with Crippen LogP contribution in [0.2, 0.25) is 0 Å². The number of aliphatic carboxylic acids is 1. The summed E-state index contributed by atoms with van der Waals surface area (Å²) in [6, 6.07) is 3.11. The van der Waals surface area contributed by atoms with E-state index < -0.39 is 53.3 Å². The molecule has 0 aliphatic heterocycles. The third kappa shape index (κ3) is 7.55. The maximum Gasteiger partial charge on any atom is 0.321 e. The maximum absolute atomic E-state index is 12.6. The standard InChI is InChI=1S/C25H37NO8/c1-8-19(27)33-17-12-11-16(13-18(17)34-20(28)9-2)21(22(26)23(29)30)14(4)15(5)32-24(31)25(6,7)10-3/h11-15,21-22H,8-10,26H2,1-7H3,(H,29,30)/t14?,15?,21?,22-/m0/s1. The van der Waals surface area contributed by atoms with Gasteiger partial charge in [-0.1, -0.05) is 33.8 Å². The van der Waals surface area contributed by atoms with Crippen molar-refractivity contribution in [2.75, 3.05) is 0 Å². The fraction of sp³-hybridized carbons (Fsp3) is 0.600. The van der Waals surface area contributed by atoms with E-state index in [1.807, 2.05) is 6.92 Å². The molecular weight excluding hydrogens is 442 g/mol. The van der Waals surface area contributed by atoms with E-state index in [4.69, 9.17) is 19.9 Å². The lowest BCUT2D eigenvalue weighted by atomic mass is 9.79. The lowest BCUT2D eigenvalue weighted by Crippen LogP contribution is -2.43. The predicted molar refractivity (Wildman–Crippen MR) is 125 cm³/mol. The van der Waals surface area contributed by atoms with E-state index in [2.05, 4.69) is 0 Å². The third-order valence-corrected chi connectivity index (χ3v) is 6.09. The summed E-state index contributed by atoms with van der Waals surface area (Å²) in [6.07, 6.45) is 0.117. The number of benzene rings is 1. The van der Waals surface area contributed by atoms with Crippen molar-refractivity contribution in [2.24, 2.45) is 17.1 Å². The van der Waals surface area contributed by atoms with E-state index >= 15 is 0 Å². The molecule has 1 aromatic rings. The molecule has 0 radical (unpaired) electrons. The molecule has 0 saturated carbocycles. The first kappa shape index (κ1) is 29.1. The molecule has 0 fully saturated rings. The number of ether oxygens (including phenoxy) is 3. The monoisotopic (exact) mass is 479 g/mol. The Morgan fingerprint density at radius 3 is 1.97 bits per heavy atom. The Balaban J connectivity index is 3.43. The zero-order valence-electron chi connectivity index (χ0n) is 21.0. The second kappa shape index (κ2) is 12.5. The first-order valence-corrected chi connectivity index (χ1v) is 11.5. The Hall–Kier alpha value is -2.94. The Labute approximate surface area is 200 Å². The Morgan fingerprint density at radius 2 is 1.50 bits per heavy atom. The van der Waals surface area contributed by atoms with E-state index in [9.17, 15) is 24.3 Å². The van der Waals surface area contributed by atoms with Crippen molar-refractivity contribution < 1.29 is 38.5 Å². The number of rotatable bonds is 12. The Bertz CT molecular complexity index is 895. The predicted octanol–water partition coefficient (Wildman–Crippen LogP) is 3.82. The molecule has 0 heterocycles. The van der Waals surface area contributed by atoms with Crippen LogP contribution in [0, 0.1) is 11.3 Å². The minimum absolute atomic E-state index is 0.0160. The van der Waals surface area contributed by atoms with Gasteiger partial charge in [-0.2, -0.15) is 0 Å². The molecule has 0 aliphatic carbocycles. The van der Waals surface area contributed by atoms with Gasteiger partial charge in [-0.25, -0.2) is 0 Å². The lowest BCUT2D eigenvalue weighted by Gasteiger charge is -2.33. The van der Waals surface area contributed by atoms with Crippen LogP contribution in [0.15, 0.2) is 18.2 Å². The van der Waals surface area contributed by atoms with Gasteiger partial charge in [0.25, 0.3) is 0 Å². The van der Waals surface area contributed by atoms with Gasteiger partial charge in [0.2, 0.25) is 0 Å². The van der Waals surface area contributed by atoms with Gasteiger partial charge in [-0.3, -0.25) is 19.2 Å². The van der Waals surface area contributed by atoms with Crippen molar-refractivity contribution in [3.63, 3.8) is 0 Å². The normalized spacial score (nSPS) is 14.9. The first-order chi connectivity index (χ1) is 15.8. The molecular formula is C25H37NO8. The Morgan fingerprint density at radius 1 is 0.971 bits per heavy atom. The second-order valence-corrected chi connectivity index (χ2v) is 8.96. The SMILES string of the molecule is CCC(=O)Oc1ccc(C(C(C)C(C)OC(=O)C(C)(C)CC)[C@H](N)C(=O)O)cc1OC(=O)CC. The average Bonchev–Trinajstić information content (AvgIpc) is 2.79. The zero-order valence-corrected chi connectivity index (χ0v) is 21.0. The largest absolute Gasteiger partial charge is 0.480 e. The summed E-state index contributed by atoms with van der Waals surface area (Å²) >= 11 is 0. The molecule has 0 aromatic heterocycles. The van der Waals surface area contributed by atoms with Crippen LogP contribution in [0.5, 0.6) is 11.5 Å². The van der Waals surface area contributed by atoms with Crippen LogP contribution in [0.25, 0.3) is 0 Å². The summed E-state index contributed by atoms with van der Waals surface area (Å²) in [5.41, 5.74) is 5.81. The first-order valence-electron chi connectivity index (χ1n) is 11.5. The Kier molecular flexibility index (Phi) is 10.7. The quantitative estimate of drug-likeness (QED) is 0.338. The van der Waals surface area contributed by atoms with Crippen LogP contribution >= 0.6 is 0 Å². The van der Waals surface area contributed by atoms with Crippen molar-refractivity contribution >= 4 is 23.9 Å². The van der Waals surface area contributed by atoms with Gasteiger partial charge >= 0.3 is 23.9 Å². The minimum Gasteiger partial charge on any atom is -0.480 e. The molecule has 1 rings (SSSR count). The number of carbonyl (C=O) groups excluding carboxylic acids is 3. The number of carbonyl (C=O) groups is 4. The van der Waals surface area contributed by atoms with E-state index in [1.165, 1.54) is 12.1 Å². The van der Waals surface area contributed by atoms with Gasteiger partial charge < -0.3 is 25.1 Å². The highest BCUT2D eigenvalue weighted by atomic mass is 16.6. The van der Waals surface area contributed by atoms with Gasteiger partial charge in [-0.05, 0) is 44.9 Å². The smallest absolute Gasteiger partial charge is 0.321 e. The van der Waals surface area contributed by atoms with Crippen LogP contribution in [0.3, 0.4) is 0 Å². The van der Waals surface area contributed by atoms with Gasteiger partial charge in [0.05, 0.1) is 5.41 Å². The van der Waals surface area contributed by atoms with E-state index in [0.29, 0.717) is 12.0 Å². The van der Waals surface area contributed by atoms with Gasteiger partial charge in [-0.15, -0.1) is 0 Å². The van der Waals surface area contributed by atoms with Crippen molar-refractivity contribution in [3.8, 4) is 11.5 Å². The van der Waals surface area contributed by atoms with Crippen molar-refractivity contribution in [1.29, 1.82) is 0 Å². The highest BCUT2D eigenvalue weighted by Gasteiger charge is 2.37. The van der Waals surface area contributed by atoms with Gasteiger partial charge in [0, 0.05) is 24.7 Å². The molecule has 9 nitrogen and oxygen atoms in total. The average molecular weight is 480 g/mol. The molecule has 190 valence electrons. The number of hydrogen-bond donors (Lipinski definition) is 2. The highest BCUT2D eigenvalue weighted by molar-refractivity contribution is 5.77. The van der Waals surface area contributed by atoms with E-state index in [1.54, 1.807) is 47.6 Å². The molecule has 0 amide bonds. The molecule has 0 bridgehead atoms. The molecule has 3 N–H and O–H groups in total. The number of carboxylic acid groups (broad SMARTS) is 1. The fourth-order valence-electron chi connectivity index (χ4n) is 3.15. The zero-order chi connectivity index (χ0) is 26.2. The molecule has 0 aliphatic rings. The lowest BCUT2D eigenvalue weighted by molar-refractivity contribution is -0.162. The summed E-state index contributed by atoms with van der Waals surface area (Å²) in [6.45, 7) is 12.1. The molecule has 0 spiro atoms. The van der Waals surface area contributed by atoms with Gasteiger partial charge in [0.15, 0.2) is 11.5 Å². The molecule has 34 heavy (non-hydrogen) atoms. The van der Waals surface area contributed by atoms with Crippen LogP contribution in [-0.4, -0.2) is 41.1 Å². The van der Waals surface area contributed by atoms with Crippen LogP contribution < -0.4 is 15.2 Å². The highest BCUT2D eigenvalue weighted by Crippen LogP contribution is 2.38. The summed E-state index contributed by atoms with van der Waals surface area (Å²) in [5.74, 6) is -4.00. The molecule has 1 aromatic carbocycles. The molecule has 9 heteroatoms.